The van der Waals surface area contributed by atoms with Gasteiger partial charge in [-0.1, -0.05) is 36.4 Å². The summed E-state index contributed by atoms with van der Waals surface area (Å²) in [4.78, 5) is 25.5. The van der Waals surface area contributed by atoms with Crippen molar-refractivity contribution in [3.05, 3.63) is 65.2 Å². The molecule has 0 bridgehead atoms. The number of hydrogen-bond donors (Lipinski definition) is 1. The van der Waals surface area contributed by atoms with Gasteiger partial charge in [-0.2, -0.15) is 0 Å². The molecule has 2 aromatic rings. The van der Waals surface area contributed by atoms with Gasteiger partial charge in [0.1, 0.15) is 23.5 Å². The minimum atomic E-state index is -1.08. The highest BCUT2D eigenvalue weighted by Crippen LogP contribution is 2.23. The van der Waals surface area contributed by atoms with E-state index in [9.17, 15) is 14.7 Å². The van der Waals surface area contributed by atoms with Crippen LogP contribution in [0.5, 0.6) is 5.75 Å². The number of benzene rings is 2. The summed E-state index contributed by atoms with van der Waals surface area (Å²) in [7, 11) is 0. The summed E-state index contributed by atoms with van der Waals surface area (Å²) in [6, 6.07) is 14.5. The second kappa shape index (κ2) is 9.26. The van der Waals surface area contributed by atoms with Gasteiger partial charge in [0, 0.05) is 13.1 Å². The van der Waals surface area contributed by atoms with E-state index in [2.05, 4.69) is 0 Å². The van der Waals surface area contributed by atoms with Crippen LogP contribution in [0.3, 0.4) is 0 Å². The van der Waals surface area contributed by atoms with Crippen molar-refractivity contribution in [1.29, 1.82) is 0 Å². The fourth-order valence-corrected chi connectivity index (χ4v) is 2.56. The Balaban J connectivity index is 2.14. The first-order valence-corrected chi connectivity index (χ1v) is 9.20. The minimum Gasteiger partial charge on any atom is -0.488 e. The highest BCUT2D eigenvalue weighted by molar-refractivity contribution is 5.91. The summed E-state index contributed by atoms with van der Waals surface area (Å²) in [6.07, 6.45) is -0.434. The number of ether oxygens (including phenoxy) is 2. The fourth-order valence-electron chi connectivity index (χ4n) is 2.56. The van der Waals surface area contributed by atoms with Gasteiger partial charge < -0.3 is 19.5 Å². The van der Waals surface area contributed by atoms with Crippen LogP contribution >= 0.6 is 0 Å². The van der Waals surface area contributed by atoms with Crippen LogP contribution in [0.2, 0.25) is 0 Å². The van der Waals surface area contributed by atoms with Crippen molar-refractivity contribution >= 4 is 12.1 Å². The molecule has 0 heterocycles. The van der Waals surface area contributed by atoms with Crippen molar-refractivity contribution in [3.8, 4) is 5.75 Å². The number of carboxylic acids is 1. The molecule has 6 nitrogen and oxygen atoms in total. The van der Waals surface area contributed by atoms with E-state index in [1.165, 1.54) is 11.0 Å². The topological polar surface area (TPSA) is 76.1 Å². The third-order valence-corrected chi connectivity index (χ3v) is 3.92. The van der Waals surface area contributed by atoms with Crippen molar-refractivity contribution in [2.75, 3.05) is 6.54 Å². The molecule has 2 rings (SSSR count). The highest BCUT2D eigenvalue weighted by atomic mass is 16.6. The zero-order chi connectivity index (χ0) is 20.7. The molecule has 150 valence electrons. The molecule has 0 atom stereocenters. The zero-order valence-electron chi connectivity index (χ0n) is 16.8. The Kier molecular flexibility index (Phi) is 7.04. The number of hydrogen-bond acceptors (Lipinski definition) is 4. The Morgan fingerprint density at radius 1 is 1.04 bits per heavy atom. The summed E-state index contributed by atoms with van der Waals surface area (Å²) >= 11 is 0. The molecule has 0 saturated carbocycles. The van der Waals surface area contributed by atoms with E-state index < -0.39 is 17.7 Å². The monoisotopic (exact) mass is 385 g/mol. The molecule has 6 heteroatoms. The number of nitrogens with zero attached hydrogens (tertiary/aromatic N) is 1. The van der Waals surface area contributed by atoms with Crippen molar-refractivity contribution in [2.45, 2.75) is 46.4 Å². The molecular formula is C22H27NO5. The lowest BCUT2D eigenvalue weighted by molar-refractivity contribution is 0.0244. The minimum absolute atomic E-state index is 0.0636. The van der Waals surface area contributed by atoms with Gasteiger partial charge in [0.2, 0.25) is 0 Å². The second-order valence-corrected chi connectivity index (χ2v) is 7.40. The maximum Gasteiger partial charge on any atom is 0.410 e. The van der Waals surface area contributed by atoms with Crippen LogP contribution in [-0.4, -0.2) is 34.2 Å². The Morgan fingerprint density at radius 3 is 2.29 bits per heavy atom. The Morgan fingerprint density at radius 2 is 1.71 bits per heavy atom. The number of carboxylic acid groups (broad SMARTS) is 1. The lowest BCUT2D eigenvalue weighted by Gasteiger charge is -2.26. The van der Waals surface area contributed by atoms with Crippen molar-refractivity contribution in [2.24, 2.45) is 0 Å². The van der Waals surface area contributed by atoms with Crippen LogP contribution in [0, 0.1) is 0 Å². The third kappa shape index (κ3) is 6.30. The first kappa shape index (κ1) is 21.3. The van der Waals surface area contributed by atoms with Gasteiger partial charge in [0.05, 0.1) is 0 Å². The summed E-state index contributed by atoms with van der Waals surface area (Å²) in [5.41, 5.74) is 1.11. The lowest BCUT2D eigenvalue weighted by atomic mass is 10.1. The van der Waals surface area contributed by atoms with E-state index in [1.807, 2.05) is 37.3 Å². The number of carbonyl (C=O) groups is 2. The Hall–Kier alpha value is -3.02. The maximum absolute atomic E-state index is 12.3. The van der Waals surface area contributed by atoms with Crippen LogP contribution < -0.4 is 4.74 Å². The van der Waals surface area contributed by atoms with Crippen LogP contribution in [-0.2, 0) is 17.9 Å². The quantitative estimate of drug-likeness (QED) is 0.746. The van der Waals surface area contributed by atoms with Gasteiger partial charge in [-0.25, -0.2) is 9.59 Å². The molecule has 0 saturated heterocycles. The SMILES string of the molecule is CCN(Cc1ccc(OCc2ccccc2)c(C(=O)O)c1)C(=O)OC(C)(C)C. The molecule has 0 aliphatic carbocycles. The molecule has 0 aromatic heterocycles. The van der Waals surface area contributed by atoms with Gasteiger partial charge in [0.15, 0.2) is 0 Å². The van der Waals surface area contributed by atoms with Crippen LogP contribution in [0.25, 0.3) is 0 Å². The average Bonchev–Trinajstić information content (AvgIpc) is 2.64. The fraction of sp³-hybridized carbons (Fsp3) is 0.364. The van der Waals surface area contributed by atoms with E-state index in [0.29, 0.717) is 17.9 Å². The number of amides is 1. The summed E-state index contributed by atoms with van der Waals surface area (Å²) in [6.45, 7) is 8.24. The van der Waals surface area contributed by atoms with Crippen molar-refractivity contribution in [3.63, 3.8) is 0 Å². The van der Waals surface area contributed by atoms with Gasteiger partial charge in [-0.15, -0.1) is 0 Å². The summed E-state index contributed by atoms with van der Waals surface area (Å²) in [5, 5.41) is 9.56. The average molecular weight is 385 g/mol. The first-order chi connectivity index (χ1) is 13.2. The smallest absolute Gasteiger partial charge is 0.410 e. The van der Waals surface area contributed by atoms with Crippen LogP contribution in [0.1, 0.15) is 49.2 Å². The van der Waals surface area contributed by atoms with Crippen molar-refractivity contribution in [1.82, 2.24) is 4.90 Å². The largest absolute Gasteiger partial charge is 0.488 e. The van der Waals surface area contributed by atoms with E-state index >= 15 is 0 Å². The molecule has 28 heavy (non-hydrogen) atoms. The van der Waals surface area contributed by atoms with Crippen LogP contribution in [0.4, 0.5) is 4.79 Å². The van der Waals surface area contributed by atoms with Crippen LogP contribution in [0.15, 0.2) is 48.5 Å². The molecule has 1 amide bonds. The second-order valence-electron chi connectivity index (χ2n) is 7.40. The maximum atomic E-state index is 12.3. The third-order valence-electron chi connectivity index (χ3n) is 3.92. The molecule has 0 spiro atoms. The predicted octanol–water partition coefficient (Wildman–Crippen LogP) is 4.72. The number of aromatic carboxylic acids is 1. The molecule has 2 aromatic carbocycles. The molecule has 0 radical (unpaired) electrons. The van der Waals surface area contributed by atoms with Gasteiger partial charge in [-0.3, -0.25) is 0 Å². The predicted molar refractivity (Wildman–Crippen MR) is 106 cm³/mol. The van der Waals surface area contributed by atoms with Crippen molar-refractivity contribution < 1.29 is 24.2 Å². The summed E-state index contributed by atoms with van der Waals surface area (Å²) < 4.78 is 11.1. The Labute approximate surface area is 165 Å². The molecule has 0 fully saturated rings. The van der Waals surface area contributed by atoms with Gasteiger partial charge in [0.25, 0.3) is 0 Å². The van der Waals surface area contributed by atoms with E-state index in [-0.39, 0.29) is 18.7 Å². The first-order valence-electron chi connectivity index (χ1n) is 9.20. The highest BCUT2D eigenvalue weighted by Gasteiger charge is 2.22. The normalized spacial score (nSPS) is 11.0. The zero-order valence-corrected chi connectivity index (χ0v) is 16.8. The lowest BCUT2D eigenvalue weighted by Crippen LogP contribution is -2.36. The van der Waals surface area contributed by atoms with Gasteiger partial charge in [-0.05, 0) is 51.0 Å². The van der Waals surface area contributed by atoms with E-state index in [1.54, 1.807) is 32.9 Å². The number of rotatable bonds is 7. The summed E-state index contributed by atoms with van der Waals surface area (Å²) in [5.74, 6) is -0.786. The number of carbonyl (C=O) groups excluding carboxylic acids is 1. The standard InChI is InChI=1S/C22H27NO5/c1-5-23(21(26)28-22(2,3)4)14-17-11-12-19(18(13-17)20(24)25)27-15-16-9-7-6-8-10-16/h6-13H,5,14-15H2,1-4H3,(H,24,25). The van der Waals surface area contributed by atoms with E-state index in [4.69, 9.17) is 9.47 Å². The van der Waals surface area contributed by atoms with Gasteiger partial charge >= 0.3 is 12.1 Å². The Bertz CT molecular complexity index is 811. The molecular weight excluding hydrogens is 358 g/mol. The van der Waals surface area contributed by atoms with E-state index in [0.717, 1.165) is 5.56 Å². The molecule has 0 aliphatic rings. The molecule has 1 N–H and O–H groups in total. The molecule has 0 aliphatic heterocycles. The molecule has 0 unspecified atom stereocenters.